The Morgan fingerprint density at radius 3 is 2.33 bits per heavy atom. The second-order valence-corrected chi connectivity index (χ2v) is 7.27. The molecule has 2 rings (SSSR count). The number of hydrogen-bond acceptors (Lipinski definition) is 4. The fourth-order valence-electron chi connectivity index (χ4n) is 2.90. The lowest BCUT2D eigenvalue weighted by Crippen LogP contribution is -2.58. The summed E-state index contributed by atoms with van der Waals surface area (Å²) < 4.78 is 38.8. The van der Waals surface area contributed by atoms with Crippen molar-refractivity contribution in [2.24, 2.45) is 0 Å². The molecule has 0 spiro atoms. The van der Waals surface area contributed by atoms with E-state index in [4.69, 9.17) is 0 Å². The lowest BCUT2D eigenvalue weighted by atomic mass is 9.88. The second kappa shape index (κ2) is 6.43. The molecule has 1 unspecified atom stereocenters. The summed E-state index contributed by atoms with van der Waals surface area (Å²) in [6.45, 7) is 4.19. The van der Waals surface area contributed by atoms with E-state index in [0.29, 0.717) is 4.68 Å². The van der Waals surface area contributed by atoms with Crippen molar-refractivity contribution in [3.05, 3.63) is 17.5 Å². The largest absolute Gasteiger partial charge is 0.465 e. The van der Waals surface area contributed by atoms with E-state index in [2.05, 4.69) is 10.4 Å². The number of carboxylic acid groups (broad SMARTS) is 1. The van der Waals surface area contributed by atoms with Crippen molar-refractivity contribution < 1.29 is 32.7 Å². The third-order valence-corrected chi connectivity index (χ3v) is 4.27. The monoisotopic (exact) mass is 391 g/mol. The molecule has 3 N–H and O–H groups in total. The maximum Gasteiger partial charge on any atom is 0.408 e. The summed E-state index contributed by atoms with van der Waals surface area (Å²) in [6.07, 6.45) is -4.85. The molecule has 0 aromatic carbocycles. The van der Waals surface area contributed by atoms with Gasteiger partial charge in [-0.05, 0) is 27.7 Å². The minimum Gasteiger partial charge on any atom is -0.465 e. The van der Waals surface area contributed by atoms with Crippen LogP contribution in [-0.2, 0) is 16.9 Å². The second-order valence-electron chi connectivity index (χ2n) is 7.27. The molecule has 1 atom stereocenters. The van der Waals surface area contributed by atoms with E-state index in [0.717, 1.165) is 11.1 Å². The molecule has 1 saturated heterocycles. The minimum atomic E-state index is -4.54. The molecule has 1 aliphatic rings. The number of amides is 4. The van der Waals surface area contributed by atoms with Gasteiger partial charge in [-0.25, -0.2) is 9.59 Å². The maximum absolute atomic E-state index is 12.7. The van der Waals surface area contributed by atoms with Gasteiger partial charge in [0.2, 0.25) is 0 Å². The van der Waals surface area contributed by atoms with Crippen molar-refractivity contribution in [3.8, 4) is 0 Å². The average molecular weight is 391 g/mol. The van der Waals surface area contributed by atoms with Gasteiger partial charge in [-0.2, -0.15) is 18.3 Å². The Morgan fingerprint density at radius 1 is 1.33 bits per heavy atom. The summed E-state index contributed by atoms with van der Waals surface area (Å²) in [5, 5.41) is 17.6. The molecular formula is C15H20F3N5O4. The summed E-state index contributed by atoms with van der Waals surface area (Å²) >= 11 is 0. The highest BCUT2D eigenvalue weighted by Crippen LogP contribution is 2.32. The molecule has 4 amide bonds. The molecule has 1 aromatic heterocycles. The number of hydrogen-bond donors (Lipinski definition) is 3. The van der Waals surface area contributed by atoms with Crippen LogP contribution in [0, 0.1) is 6.92 Å². The zero-order chi connectivity index (χ0) is 20.8. The molecule has 0 radical (unpaired) electrons. The van der Waals surface area contributed by atoms with Crippen LogP contribution in [0.1, 0.15) is 32.0 Å². The number of alkyl halides is 3. The Kier molecular flexibility index (Phi) is 4.88. The van der Waals surface area contributed by atoms with Gasteiger partial charge in [-0.3, -0.25) is 14.8 Å². The van der Waals surface area contributed by atoms with Crippen molar-refractivity contribution >= 4 is 18.0 Å². The number of halogens is 3. The lowest BCUT2D eigenvalue weighted by molar-refractivity contribution is -0.142. The normalized spacial score (nSPS) is 20.4. The third-order valence-electron chi connectivity index (χ3n) is 4.27. The first-order valence-electron chi connectivity index (χ1n) is 7.91. The van der Waals surface area contributed by atoms with Gasteiger partial charge in [0, 0.05) is 16.8 Å². The molecule has 9 nitrogen and oxygen atoms in total. The topological polar surface area (TPSA) is 117 Å². The Morgan fingerprint density at radius 2 is 1.93 bits per heavy atom. The van der Waals surface area contributed by atoms with E-state index in [1.54, 1.807) is 20.8 Å². The van der Waals surface area contributed by atoms with E-state index < -0.39 is 48.4 Å². The number of carbonyl (C=O) groups excluding carboxylic acids is 2. The van der Waals surface area contributed by atoms with E-state index in [1.165, 1.54) is 6.92 Å². The first kappa shape index (κ1) is 20.5. The number of rotatable bonds is 4. The van der Waals surface area contributed by atoms with Gasteiger partial charge in [0.15, 0.2) is 5.54 Å². The summed E-state index contributed by atoms with van der Waals surface area (Å²) in [4.78, 5) is 37.0. The number of nitrogens with zero attached hydrogens (tertiary/aromatic N) is 3. The van der Waals surface area contributed by atoms with Gasteiger partial charge < -0.3 is 15.3 Å². The number of carbonyl (C=O) groups is 3. The summed E-state index contributed by atoms with van der Waals surface area (Å²) in [5.41, 5.74) is -2.85. The number of nitrogens with one attached hydrogen (secondary N) is 2. The maximum atomic E-state index is 12.7. The van der Waals surface area contributed by atoms with Crippen LogP contribution in [0.5, 0.6) is 0 Å². The van der Waals surface area contributed by atoms with Crippen LogP contribution in [-0.4, -0.2) is 56.1 Å². The molecule has 0 bridgehead atoms. The highest BCUT2D eigenvalue weighted by molar-refractivity contribution is 6.07. The van der Waals surface area contributed by atoms with Crippen LogP contribution in [0.2, 0.25) is 0 Å². The van der Waals surface area contributed by atoms with Crippen molar-refractivity contribution in [3.63, 3.8) is 0 Å². The van der Waals surface area contributed by atoms with Crippen molar-refractivity contribution in [2.75, 3.05) is 6.54 Å². The summed E-state index contributed by atoms with van der Waals surface area (Å²) in [7, 11) is 0. The lowest BCUT2D eigenvalue weighted by Gasteiger charge is -2.39. The first-order valence-corrected chi connectivity index (χ1v) is 7.91. The summed E-state index contributed by atoms with van der Waals surface area (Å²) in [5.74, 6) is -0.863. The number of aromatic nitrogens is 2. The fraction of sp³-hybridized carbons (Fsp3) is 0.600. The Balaban J connectivity index is 2.56. The number of imide groups is 1. The van der Waals surface area contributed by atoms with Gasteiger partial charge in [0.25, 0.3) is 5.91 Å². The van der Waals surface area contributed by atoms with Crippen LogP contribution in [0.25, 0.3) is 0 Å². The van der Waals surface area contributed by atoms with Crippen molar-refractivity contribution in [1.82, 2.24) is 25.3 Å². The zero-order valence-corrected chi connectivity index (χ0v) is 15.1. The average Bonchev–Trinajstić information content (AvgIpc) is 2.94. The standard InChI is InChI=1S/C15H20F3N5O4/c1-8-9(5-19-23(8)7-15(16,17)18)14(10(24)20-11(25)21-14)6-22(12(26)27)13(2,3)4/h5H,6-7H2,1-4H3,(H,26,27)(H2,20,21,24,25). The van der Waals surface area contributed by atoms with Crippen LogP contribution in [0.15, 0.2) is 6.20 Å². The SMILES string of the molecule is Cc1c(C2(CN(C(=O)O)C(C)(C)C)NC(=O)NC2=O)cnn1CC(F)(F)F. The predicted octanol–water partition coefficient (Wildman–Crippen LogP) is 1.57. The summed E-state index contributed by atoms with van der Waals surface area (Å²) in [6, 6.07) is -0.873. The third kappa shape index (κ3) is 3.98. The van der Waals surface area contributed by atoms with E-state index >= 15 is 0 Å². The van der Waals surface area contributed by atoms with Crippen molar-refractivity contribution in [2.45, 2.75) is 51.5 Å². The van der Waals surface area contributed by atoms with E-state index in [-0.39, 0.29) is 11.3 Å². The van der Waals surface area contributed by atoms with Crippen molar-refractivity contribution in [1.29, 1.82) is 0 Å². The van der Waals surface area contributed by atoms with E-state index in [1.807, 2.05) is 5.32 Å². The molecule has 1 aromatic rings. The minimum absolute atomic E-state index is 0.00870. The van der Waals surface area contributed by atoms with Crippen LogP contribution >= 0.6 is 0 Å². The molecule has 0 aliphatic carbocycles. The predicted molar refractivity (Wildman–Crippen MR) is 85.9 cm³/mol. The Bertz CT molecular complexity index is 783. The quantitative estimate of drug-likeness (QED) is 0.674. The first-order chi connectivity index (χ1) is 12.2. The van der Waals surface area contributed by atoms with Crippen LogP contribution < -0.4 is 10.6 Å². The molecule has 12 heteroatoms. The molecule has 2 heterocycles. The molecule has 150 valence electrons. The molecule has 0 saturated carbocycles. The number of urea groups is 1. The molecule has 1 fully saturated rings. The fourth-order valence-corrected chi connectivity index (χ4v) is 2.90. The molecule has 1 aliphatic heterocycles. The highest BCUT2D eigenvalue weighted by Gasteiger charge is 2.52. The van der Waals surface area contributed by atoms with Gasteiger partial charge in [0.1, 0.15) is 6.54 Å². The molecule has 27 heavy (non-hydrogen) atoms. The van der Waals surface area contributed by atoms with E-state index in [9.17, 15) is 32.7 Å². The van der Waals surface area contributed by atoms with Gasteiger partial charge >= 0.3 is 18.3 Å². The zero-order valence-electron chi connectivity index (χ0n) is 15.1. The Labute approximate surface area is 152 Å². The molecular weight excluding hydrogens is 371 g/mol. The van der Waals surface area contributed by atoms with Gasteiger partial charge in [-0.15, -0.1) is 0 Å². The van der Waals surface area contributed by atoms with Gasteiger partial charge in [0.05, 0.1) is 12.7 Å². The Hall–Kier alpha value is -2.79. The van der Waals surface area contributed by atoms with Gasteiger partial charge in [-0.1, -0.05) is 0 Å². The smallest absolute Gasteiger partial charge is 0.408 e. The van der Waals surface area contributed by atoms with Crippen LogP contribution in [0.3, 0.4) is 0 Å². The van der Waals surface area contributed by atoms with Crippen LogP contribution in [0.4, 0.5) is 22.8 Å². The highest BCUT2D eigenvalue weighted by atomic mass is 19.4.